The Bertz CT molecular complexity index is 312. The van der Waals surface area contributed by atoms with Crippen LogP contribution in [0, 0.1) is 11.3 Å². The van der Waals surface area contributed by atoms with Crippen molar-refractivity contribution in [3.05, 3.63) is 0 Å². The molecule has 0 heterocycles. The molecule has 0 aliphatic carbocycles. The van der Waals surface area contributed by atoms with E-state index in [4.69, 9.17) is 5.26 Å². The molecule has 0 aliphatic rings. The van der Waals surface area contributed by atoms with Gasteiger partial charge in [0.05, 0.1) is 25.6 Å². The second-order valence-corrected chi connectivity index (χ2v) is 4.25. The van der Waals surface area contributed by atoms with Gasteiger partial charge >= 0.3 is 0 Å². The Balaban J connectivity index is 3.93. The first-order valence-electron chi connectivity index (χ1n) is 6.07. The van der Waals surface area contributed by atoms with Crippen LogP contribution in [0.25, 0.3) is 0 Å². The van der Waals surface area contributed by atoms with Gasteiger partial charge in [-0.15, -0.1) is 0 Å². The van der Waals surface area contributed by atoms with Crippen LogP contribution in [0.2, 0.25) is 0 Å². The molecule has 6 heteroatoms. The zero-order chi connectivity index (χ0) is 14.0. The molecule has 1 N–H and O–H groups in total. The van der Waals surface area contributed by atoms with Crippen molar-refractivity contribution in [2.45, 2.75) is 19.8 Å². The largest absolute Gasteiger partial charge is 0.355 e. The molecule has 0 rings (SSSR count). The van der Waals surface area contributed by atoms with Crippen LogP contribution in [-0.4, -0.2) is 61.9 Å². The quantitative estimate of drug-likeness (QED) is 0.651. The Morgan fingerprint density at radius 3 is 2.50 bits per heavy atom. The highest BCUT2D eigenvalue weighted by Crippen LogP contribution is 1.91. The average molecular weight is 254 g/mol. The topological polar surface area (TPSA) is 76.4 Å². The van der Waals surface area contributed by atoms with Crippen LogP contribution in [0.4, 0.5) is 0 Å². The van der Waals surface area contributed by atoms with Gasteiger partial charge in [0.15, 0.2) is 0 Å². The van der Waals surface area contributed by atoms with Crippen molar-refractivity contribution in [3.8, 4) is 6.07 Å². The van der Waals surface area contributed by atoms with Gasteiger partial charge in [0.25, 0.3) is 0 Å². The van der Waals surface area contributed by atoms with Crippen molar-refractivity contribution in [1.82, 2.24) is 15.1 Å². The third kappa shape index (κ3) is 7.63. The number of nitrogens with one attached hydrogen (secondary N) is 1. The summed E-state index contributed by atoms with van der Waals surface area (Å²) >= 11 is 0. The van der Waals surface area contributed by atoms with Crippen molar-refractivity contribution in [2.24, 2.45) is 0 Å². The minimum atomic E-state index is -0.0870. The molecule has 0 saturated heterocycles. The summed E-state index contributed by atoms with van der Waals surface area (Å²) in [6.07, 6.45) is 1.22. The van der Waals surface area contributed by atoms with E-state index in [0.29, 0.717) is 19.5 Å². The lowest BCUT2D eigenvalue weighted by atomic mass is 10.4. The van der Waals surface area contributed by atoms with E-state index >= 15 is 0 Å². The number of hydrogen-bond acceptors (Lipinski definition) is 4. The molecule has 0 aromatic heterocycles. The standard InChI is InChI=1S/C12H22N4O2/c1-4-7-14-11(17)9-15(2)10-12(18)16(3)8-5-6-13/h4-5,7-10H2,1-3H3,(H,14,17). The van der Waals surface area contributed by atoms with E-state index < -0.39 is 0 Å². The molecule has 2 amide bonds. The van der Waals surface area contributed by atoms with Gasteiger partial charge in [-0.05, 0) is 13.5 Å². The van der Waals surface area contributed by atoms with Crippen molar-refractivity contribution in [2.75, 3.05) is 40.3 Å². The van der Waals surface area contributed by atoms with E-state index in [1.165, 1.54) is 4.90 Å². The number of rotatable bonds is 8. The molecule has 0 aliphatic heterocycles. The SMILES string of the molecule is CCCNC(=O)CN(C)CC(=O)N(C)CCC#N. The third-order valence-corrected chi connectivity index (χ3v) is 2.38. The Hall–Kier alpha value is -1.61. The van der Waals surface area contributed by atoms with Crippen LogP contribution >= 0.6 is 0 Å². The maximum Gasteiger partial charge on any atom is 0.236 e. The Labute approximate surface area is 109 Å². The van der Waals surface area contributed by atoms with Gasteiger partial charge in [0.2, 0.25) is 11.8 Å². The maximum absolute atomic E-state index is 11.7. The Kier molecular flexibility index (Phi) is 8.58. The van der Waals surface area contributed by atoms with Gasteiger partial charge in [-0.2, -0.15) is 5.26 Å². The Morgan fingerprint density at radius 2 is 1.94 bits per heavy atom. The molecular weight excluding hydrogens is 232 g/mol. The molecule has 0 saturated carbocycles. The molecule has 0 aromatic carbocycles. The van der Waals surface area contributed by atoms with Crippen LogP contribution < -0.4 is 5.32 Å². The number of carbonyl (C=O) groups excluding carboxylic acids is 2. The van der Waals surface area contributed by atoms with Gasteiger partial charge in [-0.3, -0.25) is 14.5 Å². The average Bonchev–Trinajstić information content (AvgIpc) is 2.32. The summed E-state index contributed by atoms with van der Waals surface area (Å²) in [5, 5.41) is 11.2. The normalized spacial score (nSPS) is 9.94. The van der Waals surface area contributed by atoms with Crippen LogP contribution in [0.1, 0.15) is 19.8 Å². The van der Waals surface area contributed by atoms with Crippen molar-refractivity contribution in [3.63, 3.8) is 0 Å². The summed E-state index contributed by atoms with van der Waals surface area (Å²) in [6, 6.07) is 1.99. The third-order valence-electron chi connectivity index (χ3n) is 2.38. The fourth-order valence-corrected chi connectivity index (χ4v) is 1.32. The predicted octanol–water partition coefficient (Wildman–Crippen LogP) is -0.184. The second-order valence-electron chi connectivity index (χ2n) is 4.25. The first-order valence-corrected chi connectivity index (χ1v) is 6.07. The monoisotopic (exact) mass is 254 g/mol. The fraction of sp³-hybridized carbons (Fsp3) is 0.750. The van der Waals surface area contributed by atoms with Crippen LogP contribution in [0.5, 0.6) is 0 Å². The zero-order valence-electron chi connectivity index (χ0n) is 11.4. The molecular formula is C12H22N4O2. The highest BCUT2D eigenvalue weighted by Gasteiger charge is 2.13. The van der Waals surface area contributed by atoms with Gasteiger partial charge in [-0.25, -0.2) is 0 Å². The first kappa shape index (κ1) is 16.4. The number of carbonyl (C=O) groups is 2. The highest BCUT2D eigenvalue weighted by molar-refractivity contribution is 5.81. The molecule has 0 unspecified atom stereocenters. The summed E-state index contributed by atoms with van der Waals surface area (Å²) in [5.74, 6) is -0.164. The minimum absolute atomic E-state index is 0.0770. The molecule has 0 atom stereocenters. The Morgan fingerprint density at radius 1 is 1.28 bits per heavy atom. The molecule has 0 bridgehead atoms. The number of amides is 2. The number of nitriles is 1. The second kappa shape index (κ2) is 9.42. The molecule has 0 radical (unpaired) electrons. The molecule has 0 fully saturated rings. The number of nitrogens with zero attached hydrogens (tertiary/aromatic N) is 3. The van der Waals surface area contributed by atoms with E-state index in [-0.39, 0.29) is 24.9 Å². The van der Waals surface area contributed by atoms with Gasteiger partial charge in [0, 0.05) is 20.1 Å². The lowest BCUT2D eigenvalue weighted by Crippen LogP contribution is -2.41. The smallest absolute Gasteiger partial charge is 0.236 e. The van der Waals surface area contributed by atoms with Crippen molar-refractivity contribution < 1.29 is 9.59 Å². The van der Waals surface area contributed by atoms with Crippen LogP contribution in [0.15, 0.2) is 0 Å². The van der Waals surface area contributed by atoms with E-state index in [1.807, 2.05) is 13.0 Å². The summed E-state index contributed by atoms with van der Waals surface area (Å²) in [7, 11) is 3.38. The van der Waals surface area contributed by atoms with Crippen molar-refractivity contribution in [1.29, 1.82) is 5.26 Å². The molecule has 0 spiro atoms. The van der Waals surface area contributed by atoms with E-state index in [0.717, 1.165) is 6.42 Å². The summed E-state index contributed by atoms with van der Waals surface area (Å²) in [5.41, 5.74) is 0. The van der Waals surface area contributed by atoms with E-state index in [9.17, 15) is 9.59 Å². The van der Waals surface area contributed by atoms with Crippen LogP contribution in [-0.2, 0) is 9.59 Å². The zero-order valence-corrected chi connectivity index (χ0v) is 11.4. The molecule has 18 heavy (non-hydrogen) atoms. The van der Waals surface area contributed by atoms with E-state index in [1.54, 1.807) is 19.0 Å². The number of likely N-dealkylation sites (N-methyl/N-ethyl adjacent to an activating group) is 2. The molecule has 102 valence electrons. The lowest BCUT2D eigenvalue weighted by molar-refractivity contribution is -0.131. The van der Waals surface area contributed by atoms with Gasteiger partial charge in [0.1, 0.15) is 0 Å². The minimum Gasteiger partial charge on any atom is -0.355 e. The van der Waals surface area contributed by atoms with Gasteiger partial charge < -0.3 is 10.2 Å². The summed E-state index contributed by atoms with van der Waals surface area (Å²) in [6.45, 7) is 3.45. The van der Waals surface area contributed by atoms with Gasteiger partial charge in [-0.1, -0.05) is 6.92 Å². The summed E-state index contributed by atoms with van der Waals surface area (Å²) < 4.78 is 0. The highest BCUT2D eigenvalue weighted by atomic mass is 16.2. The van der Waals surface area contributed by atoms with E-state index in [2.05, 4.69) is 5.32 Å². The number of hydrogen-bond donors (Lipinski definition) is 1. The first-order chi connectivity index (χ1) is 8.51. The molecule has 6 nitrogen and oxygen atoms in total. The predicted molar refractivity (Wildman–Crippen MR) is 68.7 cm³/mol. The fourth-order valence-electron chi connectivity index (χ4n) is 1.32. The summed E-state index contributed by atoms with van der Waals surface area (Å²) in [4.78, 5) is 26.3. The lowest BCUT2D eigenvalue weighted by Gasteiger charge is -2.20. The van der Waals surface area contributed by atoms with Crippen LogP contribution in [0.3, 0.4) is 0 Å². The van der Waals surface area contributed by atoms with Crippen molar-refractivity contribution >= 4 is 11.8 Å². The maximum atomic E-state index is 11.7. The molecule has 0 aromatic rings.